The number of likely N-dealkylation sites (tertiary alicyclic amines) is 1. The first kappa shape index (κ1) is 21.7. The third-order valence-corrected chi connectivity index (χ3v) is 4.86. The third kappa shape index (κ3) is 5.33. The van der Waals surface area contributed by atoms with E-state index in [2.05, 4.69) is 20.3 Å². The van der Waals surface area contributed by atoms with Gasteiger partial charge in [-0.05, 0) is 5.92 Å². The number of aromatic nitrogens is 3. The van der Waals surface area contributed by atoms with Gasteiger partial charge in [0.15, 0.2) is 17.2 Å². The number of carbonyl (C=O) groups excluding carboxylic acids is 1. The lowest BCUT2D eigenvalue weighted by Gasteiger charge is -2.32. The number of halogens is 2. The van der Waals surface area contributed by atoms with Crippen LogP contribution in [0.3, 0.4) is 0 Å². The number of ether oxygens (including phenoxy) is 1. The lowest BCUT2D eigenvalue weighted by Crippen LogP contribution is -2.42. The van der Waals surface area contributed by atoms with Crippen molar-refractivity contribution in [3.8, 4) is 11.9 Å². The van der Waals surface area contributed by atoms with Gasteiger partial charge < -0.3 is 15.0 Å². The summed E-state index contributed by atoms with van der Waals surface area (Å²) in [6.07, 6.45) is 4.07. The van der Waals surface area contributed by atoms with Crippen molar-refractivity contribution in [3.05, 3.63) is 35.1 Å². The van der Waals surface area contributed by atoms with Crippen LogP contribution >= 0.6 is 11.6 Å². The van der Waals surface area contributed by atoms with Crippen molar-refractivity contribution in [2.45, 2.75) is 39.2 Å². The summed E-state index contributed by atoms with van der Waals surface area (Å²) in [4.78, 5) is 26.0. The van der Waals surface area contributed by atoms with Crippen molar-refractivity contribution in [3.63, 3.8) is 0 Å². The molecule has 1 amide bonds. The highest BCUT2D eigenvalue weighted by Gasteiger charge is 2.26. The van der Waals surface area contributed by atoms with Crippen molar-refractivity contribution in [1.29, 1.82) is 5.26 Å². The SMILES string of the molecule is CC(C)CC(=O)N1CCC(Oc2ncnc(Nc3cnc(Cl)cc3F)c2C#N)CC1. The minimum absolute atomic E-state index is 0.0171. The largest absolute Gasteiger partial charge is 0.473 e. The smallest absolute Gasteiger partial charge is 0.237 e. The Kier molecular flexibility index (Phi) is 7.00. The standard InChI is InChI=1S/C20H22ClFN6O2/c1-12(2)7-18(29)28-5-3-13(4-6-28)30-20-14(9-23)19(25-11-26-20)27-16-10-24-17(21)8-15(16)22/h8,10-13H,3-7H2,1-2H3,(H,25,26,27). The molecular formula is C20H22ClFN6O2. The first-order valence-corrected chi connectivity index (χ1v) is 10.0. The van der Waals surface area contributed by atoms with E-state index in [0.717, 1.165) is 6.07 Å². The molecule has 0 bridgehead atoms. The molecular weight excluding hydrogens is 411 g/mol. The fraction of sp³-hybridized carbons (Fsp3) is 0.450. The number of piperidine rings is 1. The predicted octanol–water partition coefficient (Wildman–Crippen LogP) is 3.70. The highest BCUT2D eigenvalue weighted by atomic mass is 35.5. The molecule has 158 valence electrons. The summed E-state index contributed by atoms with van der Waals surface area (Å²) in [5.41, 5.74) is 0.0858. The summed E-state index contributed by atoms with van der Waals surface area (Å²) in [7, 11) is 0. The van der Waals surface area contributed by atoms with Crippen LogP contribution < -0.4 is 10.1 Å². The first-order chi connectivity index (χ1) is 14.4. The molecule has 0 unspecified atom stereocenters. The van der Waals surface area contributed by atoms with Crippen LogP contribution in [-0.2, 0) is 4.79 Å². The molecule has 1 aliphatic rings. The molecule has 1 saturated heterocycles. The Morgan fingerprint density at radius 2 is 2.13 bits per heavy atom. The van der Waals surface area contributed by atoms with E-state index in [-0.39, 0.29) is 40.1 Å². The number of nitriles is 1. The monoisotopic (exact) mass is 432 g/mol. The summed E-state index contributed by atoms with van der Waals surface area (Å²) < 4.78 is 20.0. The molecule has 0 atom stereocenters. The summed E-state index contributed by atoms with van der Waals surface area (Å²) in [6.45, 7) is 5.22. The van der Waals surface area contributed by atoms with Crippen LogP contribution in [-0.4, -0.2) is 45.0 Å². The van der Waals surface area contributed by atoms with Crippen molar-refractivity contribution in [1.82, 2.24) is 19.9 Å². The van der Waals surface area contributed by atoms with Crippen LogP contribution in [0.5, 0.6) is 5.88 Å². The molecule has 3 heterocycles. The van der Waals surface area contributed by atoms with Gasteiger partial charge >= 0.3 is 0 Å². The quantitative estimate of drug-likeness (QED) is 0.694. The number of pyridine rings is 1. The minimum Gasteiger partial charge on any atom is -0.473 e. The van der Waals surface area contributed by atoms with Gasteiger partial charge in [-0.15, -0.1) is 0 Å². The summed E-state index contributed by atoms with van der Waals surface area (Å²) in [6, 6.07) is 3.07. The molecule has 2 aromatic rings. The molecule has 0 saturated carbocycles. The van der Waals surface area contributed by atoms with Crippen molar-refractivity contribution < 1.29 is 13.9 Å². The number of rotatable bonds is 6. The molecule has 0 aromatic carbocycles. The van der Waals surface area contributed by atoms with Gasteiger partial charge in [0.25, 0.3) is 0 Å². The number of hydrogen-bond donors (Lipinski definition) is 1. The Bertz CT molecular complexity index is 957. The van der Waals surface area contributed by atoms with E-state index in [9.17, 15) is 14.4 Å². The van der Waals surface area contributed by atoms with Crippen LogP contribution in [0.2, 0.25) is 5.15 Å². The average molecular weight is 433 g/mol. The molecule has 8 nitrogen and oxygen atoms in total. The lowest BCUT2D eigenvalue weighted by molar-refractivity contribution is -0.133. The highest BCUT2D eigenvalue weighted by Crippen LogP contribution is 2.28. The van der Waals surface area contributed by atoms with Gasteiger partial charge in [0.2, 0.25) is 11.8 Å². The zero-order chi connectivity index (χ0) is 21.7. The number of hydrogen-bond acceptors (Lipinski definition) is 7. The molecule has 0 radical (unpaired) electrons. The fourth-order valence-corrected chi connectivity index (χ4v) is 3.29. The van der Waals surface area contributed by atoms with E-state index in [1.807, 2.05) is 24.8 Å². The van der Waals surface area contributed by atoms with E-state index < -0.39 is 5.82 Å². The number of anilines is 2. The molecule has 30 heavy (non-hydrogen) atoms. The number of carbonyl (C=O) groups is 1. The topological polar surface area (TPSA) is 104 Å². The lowest BCUT2D eigenvalue weighted by atomic mass is 10.1. The first-order valence-electron chi connectivity index (χ1n) is 9.65. The molecule has 3 rings (SSSR count). The molecule has 10 heteroatoms. The number of nitrogens with zero attached hydrogens (tertiary/aromatic N) is 5. The Morgan fingerprint density at radius 1 is 1.40 bits per heavy atom. The molecule has 0 aliphatic carbocycles. The van der Waals surface area contributed by atoms with Crippen LogP contribution in [0, 0.1) is 23.1 Å². The number of nitrogens with one attached hydrogen (secondary N) is 1. The predicted molar refractivity (Wildman–Crippen MR) is 109 cm³/mol. The Morgan fingerprint density at radius 3 is 2.77 bits per heavy atom. The van der Waals surface area contributed by atoms with Gasteiger partial charge in [0.05, 0.1) is 11.9 Å². The van der Waals surface area contributed by atoms with Crippen molar-refractivity contribution in [2.75, 3.05) is 18.4 Å². The molecule has 1 fully saturated rings. The van der Waals surface area contributed by atoms with Crippen LogP contribution in [0.1, 0.15) is 38.7 Å². The molecule has 1 N–H and O–H groups in total. The van der Waals surface area contributed by atoms with Crippen LogP contribution in [0.25, 0.3) is 0 Å². The molecule has 1 aliphatic heterocycles. The van der Waals surface area contributed by atoms with Gasteiger partial charge in [-0.1, -0.05) is 25.4 Å². The zero-order valence-corrected chi connectivity index (χ0v) is 17.5. The normalized spacial score (nSPS) is 14.5. The van der Waals surface area contributed by atoms with E-state index in [1.54, 1.807) is 0 Å². The van der Waals surface area contributed by atoms with Crippen LogP contribution in [0.15, 0.2) is 18.6 Å². The van der Waals surface area contributed by atoms with Gasteiger partial charge in [-0.2, -0.15) is 5.26 Å². The van der Waals surface area contributed by atoms with Crippen molar-refractivity contribution >= 4 is 29.0 Å². The maximum absolute atomic E-state index is 14.0. The fourth-order valence-electron chi connectivity index (χ4n) is 3.14. The second kappa shape index (κ2) is 9.67. The summed E-state index contributed by atoms with van der Waals surface area (Å²) in [5, 5.41) is 12.3. The third-order valence-electron chi connectivity index (χ3n) is 4.65. The van der Waals surface area contributed by atoms with E-state index >= 15 is 0 Å². The maximum Gasteiger partial charge on any atom is 0.237 e. The van der Waals surface area contributed by atoms with Gasteiger partial charge in [0.1, 0.15) is 23.7 Å². The Labute approximate surface area is 179 Å². The Hall–Kier alpha value is -2.99. The van der Waals surface area contributed by atoms with Gasteiger partial charge in [0, 0.05) is 38.4 Å². The zero-order valence-electron chi connectivity index (χ0n) is 16.7. The number of amides is 1. The summed E-state index contributed by atoms with van der Waals surface area (Å²) in [5.74, 6) is 0.0586. The van der Waals surface area contributed by atoms with Crippen molar-refractivity contribution in [2.24, 2.45) is 5.92 Å². The highest BCUT2D eigenvalue weighted by molar-refractivity contribution is 6.29. The second-order valence-electron chi connectivity index (χ2n) is 7.42. The van der Waals surface area contributed by atoms with E-state index in [0.29, 0.717) is 38.3 Å². The minimum atomic E-state index is -0.626. The van der Waals surface area contributed by atoms with E-state index in [4.69, 9.17) is 16.3 Å². The Balaban J connectivity index is 1.68. The average Bonchev–Trinajstić information content (AvgIpc) is 2.70. The van der Waals surface area contributed by atoms with E-state index in [1.165, 1.54) is 12.5 Å². The molecule has 2 aromatic heterocycles. The second-order valence-corrected chi connectivity index (χ2v) is 7.81. The summed E-state index contributed by atoms with van der Waals surface area (Å²) >= 11 is 5.67. The van der Waals surface area contributed by atoms with Crippen LogP contribution in [0.4, 0.5) is 15.9 Å². The van der Waals surface area contributed by atoms with Gasteiger partial charge in [-0.3, -0.25) is 4.79 Å². The maximum atomic E-state index is 14.0. The molecule has 0 spiro atoms. The van der Waals surface area contributed by atoms with Gasteiger partial charge in [-0.25, -0.2) is 19.3 Å².